The zero-order chi connectivity index (χ0) is 32.9. The third-order valence-electron chi connectivity index (χ3n) is 7.83. The average molecular weight is 582 g/mol. The Kier molecular flexibility index (Phi) is 24.7. The van der Waals surface area contributed by atoms with Crippen LogP contribution < -0.4 is 10.6 Å². The monoisotopic (exact) mass is 582 g/mol. The Morgan fingerprint density at radius 3 is 1.15 bits per heavy atom. The van der Waals surface area contributed by atoms with Crippen molar-refractivity contribution in [3.05, 3.63) is 24.4 Å². The Balaban J connectivity index is -0.000000443. The zero-order valence-electron chi connectivity index (χ0n) is 31.6. The van der Waals surface area contributed by atoms with Gasteiger partial charge in [0.15, 0.2) is 0 Å². The van der Waals surface area contributed by atoms with Crippen LogP contribution in [0.4, 0.5) is 0 Å². The van der Waals surface area contributed by atoms with Gasteiger partial charge < -0.3 is 20.3 Å². The molecule has 0 aromatic rings. The van der Waals surface area contributed by atoms with Crippen molar-refractivity contribution in [2.75, 3.05) is 45.9 Å². The van der Waals surface area contributed by atoms with Gasteiger partial charge >= 0.3 is 0 Å². The van der Waals surface area contributed by atoms with Crippen molar-refractivity contribution >= 4 is 0 Å². The second-order valence-electron chi connectivity index (χ2n) is 15.0. The second kappa shape index (κ2) is 22.7. The predicted octanol–water partition coefficient (Wildman–Crippen LogP) is 9.82. The van der Waals surface area contributed by atoms with Gasteiger partial charge in [0.05, 0.1) is 13.2 Å². The van der Waals surface area contributed by atoms with E-state index < -0.39 is 0 Å². The predicted molar refractivity (Wildman–Crippen MR) is 189 cm³/mol. The molecule has 248 valence electrons. The van der Waals surface area contributed by atoms with Crippen LogP contribution >= 0.6 is 0 Å². The molecule has 4 aliphatic heterocycles. The number of ether oxygens (including phenoxy) is 1. The smallest absolute Gasteiger partial charge is 0.0521 e. The van der Waals surface area contributed by atoms with E-state index in [0.29, 0.717) is 16.2 Å². The topological polar surface area (TPSA) is 36.5 Å². The number of hydrogen-bond acceptors (Lipinski definition) is 4. The maximum atomic E-state index is 5.06. The molecule has 4 heterocycles. The number of rotatable bonds is 0. The van der Waals surface area contributed by atoms with Crippen LogP contribution in [0, 0.1) is 34.0 Å². The summed E-state index contributed by atoms with van der Waals surface area (Å²) < 4.78 is 5.06. The molecule has 4 aliphatic rings. The molecule has 41 heavy (non-hydrogen) atoms. The van der Waals surface area contributed by atoms with Crippen molar-refractivity contribution in [2.24, 2.45) is 34.0 Å². The summed E-state index contributed by atoms with van der Waals surface area (Å²) in [6.45, 7) is 47.2. The van der Waals surface area contributed by atoms with E-state index in [1.165, 1.54) is 32.6 Å². The highest BCUT2D eigenvalue weighted by Gasteiger charge is 2.31. The highest BCUT2D eigenvalue weighted by atomic mass is 16.5. The van der Waals surface area contributed by atoms with E-state index in [0.717, 1.165) is 37.5 Å². The van der Waals surface area contributed by atoms with Crippen LogP contribution in [0.25, 0.3) is 0 Å². The van der Waals surface area contributed by atoms with Crippen LogP contribution in [0.2, 0.25) is 0 Å². The molecular formula is C37H79N3O. The highest BCUT2D eigenvalue weighted by molar-refractivity contribution is 5.10. The van der Waals surface area contributed by atoms with Gasteiger partial charge in [-0.3, -0.25) is 0 Å². The maximum absolute atomic E-state index is 5.06. The van der Waals surface area contributed by atoms with Crippen LogP contribution in [0.5, 0.6) is 0 Å². The summed E-state index contributed by atoms with van der Waals surface area (Å²) in [5.41, 5.74) is 1.79. The van der Waals surface area contributed by atoms with Crippen LogP contribution in [0.15, 0.2) is 24.4 Å². The van der Waals surface area contributed by atoms with Crippen LogP contribution in [0.1, 0.15) is 131 Å². The first-order valence-electron chi connectivity index (χ1n) is 17.0. The molecule has 0 aliphatic carbocycles. The van der Waals surface area contributed by atoms with Gasteiger partial charge in [-0.15, -0.1) is 0 Å². The quantitative estimate of drug-likeness (QED) is 0.298. The van der Waals surface area contributed by atoms with Gasteiger partial charge in [0.25, 0.3) is 0 Å². The maximum Gasteiger partial charge on any atom is 0.0521 e. The minimum absolute atomic E-state index is 0.265. The third-order valence-corrected chi connectivity index (χ3v) is 7.83. The van der Waals surface area contributed by atoms with Crippen LogP contribution in [-0.2, 0) is 4.74 Å². The normalized spacial score (nSPS) is 20.1. The summed E-state index contributed by atoms with van der Waals surface area (Å²) in [7, 11) is 0. The number of hydrogen-bond donors (Lipinski definition) is 2. The zero-order valence-corrected chi connectivity index (χ0v) is 31.6. The van der Waals surface area contributed by atoms with Crippen molar-refractivity contribution < 1.29 is 4.74 Å². The molecule has 0 spiro atoms. The van der Waals surface area contributed by atoms with Gasteiger partial charge in [0.1, 0.15) is 0 Å². The molecule has 3 saturated heterocycles. The molecule has 0 radical (unpaired) electrons. The number of nitrogens with zero attached hydrogens (tertiary/aromatic N) is 1. The Labute approximate surface area is 260 Å². The molecule has 0 saturated carbocycles. The van der Waals surface area contributed by atoms with Gasteiger partial charge in [0, 0.05) is 18.0 Å². The minimum atomic E-state index is 0.265. The Bertz CT molecular complexity index is 603. The molecule has 3 fully saturated rings. The largest absolute Gasteiger partial charge is 0.381 e. The van der Waals surface area contributed by atoms with Crippen molar-refractivity contribution in [2.45, 2.75) is 137 Å². The molecule has 0 aromatic carbocycles. The molecule has 4 nitrogen and oxygen atoms in total. The van der Waals surface area contributed by atoms with Crippen LogP contribution in [0.3, 0.4) is 0 Å². The van der Waals surface area contributed by atoms with Crippen molar-refractivity contribution in [1.82, 2.24) is 15.5 Å². The minimum Gasteiger partial charge on any atom is -0.381 e. The molecule has 4 heteroatoms. The molecule has 0 amide bonds. The molecule has 0 bridgehead atoms. The van der Waals surface area contributed by atoms with E-state index in [1.54, 1.807) is 0 Å². The lowest BCUT2D eigenvalue weighted by molar-refractivity contribution is -0.0821. The molecular weight excluding hydrogens is 502 g/mol. The van der Waals surface area contributed by atoms with E-state index in [4.69, 9.17) is 4.74 Å². The first-order chi connectivity index (χ1) is 18.9. The van der Waals surface area contributed by atoms with Crippen molar-refractivity contribution in [3.8, 4) is 0 Å². The van der Waals surface area contributed by atoms with Crippen molar-refractivity contribution in [3.63, 3.8) is 0 Å². The Morgan fingerprint density at radius 1 is 0.585 bits per heavy atom. The Morgan fingerprint density at radius 2 is 1.02 bits per heavy atom. The van der Waals surface area contributed by atoms with E-state index >= 15 is 0 Å². The van der Waals surface area contributed by atoms with Gasteiger partial charge in [-0.1, -0.05) is 116 Å². The first kappa shape index (κ1) is 44.6. The SMILES string of the molecule is CC.CC.CC.CC(C)(C)C1CCNC1.CC(C)(C)C1CNC1.CC(C)(C)C1COC1.CC(C)(C)N1C=CC=CC1. The van der Waals surface area contributed by atoms with Gasteiger partial charge in [0.2, 0.25) is 0 Å². The van der Waals surface area contributed by atoms with E-state index in [1.807, 2.05) is 41.5 Å². The third kappa shape index (κ3) is 21.5. The molecule has 1 atom stereocenters. The number of nitrogens with one attached hydrogen (secondary N) is 2. The summed E-state index contributed by atoms with van der Waals surface area (Å²) in [6.07, 6.45) is 9.84. The van der Waals surface area contributed by atoms with Crippen molar-refractivity contribution in [1.29, 1.82) is 0 Å². The fourth-order valence-electron chi connectivity index (χ4n) is 4.00. The van der Waals surface area contributed by atoms with Gasteiger partial charge in [-0.2, -0.15) is 0 Å². The second-order valence-corrected chi connectivity index (χ2v) is 15.0. The fourth-order valence-corrected chi connectivity index (χ4v) is 4.00. The van der Waals surface area contributed by atoms with E-state index in [9.17, 15) is 0 Å². The fraction of sp³-hybridized carbons (Fsp3) is 0.892. The summed E-state index contributed by atoms with van der Waals surface area (Å²) in [5, 5.41) is 6.65. The lowest BCUT2D eigenvalue weighted by Crippen LogP contribution is -2.48. The molecule has 4 rings (SSSR count). The van der Waals surface area contributed by atoms with Gasteiger partial charge in [-0.25, -0.2) is 0 Å². The number of allylic oxidation sites excluding steroid dienone is 2. The van der Waals surface area contributed by atoms with Crippen LogP contribution in [-0.4, -0.2) is 56.4 Å². The highest BCUT2D eigenvalue weighted by Crippen LogP contribution is 2.31. The molecule has 2 N–H and O–H groups in total. The first-order valence-corrected chi connectivity index (χ1v) is 17.0. The lowest BCUT2D eigenvalue weighted by atomic mass is 9.77. The van der Waals surface area contributed by atoms with E-state index in [2.05, 4.69) is 123 Å². The summed E-state index contributed by atoms with van der Waals surface area (Å²) >= 11 is 0. The van der Waals surface area contributed by atoms with Gasteiger partial charge in [-0.05, 0) is 93.7 Å². The average Bonchev–Trinajstić information content (AvgIpc) is 3.36. The lowest BCUT2D eigenvalue weighted by Gasteiger charge is -2.38. The molecule has 1 unspecified atom stereocenters. The summed E-state index contributed by atoms with van der Waals surface area (Å²) in [5.74, 6) is 2.63. The summed E-state index contributed by atoms with van der Waals surface area (Å²) in [4.78, 5) is 2.31. The summed E-state index contributed by atoms with van der Waals surface area (Å²) in [6, 6.07) is 0. The van der Waals surface area contributed by atoms with E-state index in [-0.39, 0.29) is 5.54 Å². The Hall–Kier alpha value is -0.840. The standard InChI is InChI=1S/C9H15N.C8H17N.C7H15N.C7H14O.3C2H6/c1-9(2,3)10-7-5-4-6-8-10;1-8(2,3)7-4-5-9-6-7;2*1-7(2,3)6-4-8-5-6;3*1-2/h4-7H,8H2,1-3H3;7,9H,4-6H2,1-3H3;6,8H,4-5H2,1-3H3;6H,4-5H2,1-3H3;3*1-2H3. The molecule has 0 aromatic heterocycles.